The summed E-state index contributed by atoms with van der Waals surface area (Å²) >= 11 is 12.0. The summed E-state index contributed by atoms with van der Waals surface area (Å²) in [6.45, 7) is 1.68. The van der Waals surface area contributed by atoms with E-state index in [4.69, 9.17) is 23.2 Å². The molecule has 0 saturated heterocycles. The maximum Gasteiger partial charge on any atom is 0.137 e. The van der Waals surface area contributed by atoms with Crippen LogP contribution in [0.4, 0.5) is 0 Å². The molecule has 0 aliphatic heterocycles. The number of carbonyl (C=O) groups is 1. The van der Waals surface area contributed by atoms with Gasteiger partial charge in [-0.15, -0.1) is 0 Å². The summed E-state index contributed by atoms with van der Waals surface area (Å²) < 4.78 is 1.45. The Labute approximate surface area is 126 Å². The highest BCUT2D eigenvalue weighted by Gasteiger charge is 2.38. The standard InChI is InChI=1S/C13H13Cl2N3O2/c1-9(5-19)13(20,6-18-8-16-7-17-18)11-3-2-10(14)4-12(11)15/h2-5,7-9,20H,6H2,1H3/t9-,13+/m0/s1. The Morgan fingerprint density at radius 3 is 2.80 bits per heavy atom. The Morgan fingerprint density at radius 2 is 2.25 bits per heavy atom. The Balaban J connectivity index is 2.48. The SMILES string of the molecule is C[C@@H](C=O)[C@](O)(Cn1cncn1)c1ccc(Cl)cc1Cl. The first kappa shape index (κ1) is 15.0. The van der Waals surface area contributed by atoms with Crippen LogP contribution in [0.25, 0.3) is 0 Å². The van der Waals surface area contributed by atoms with Crippen LogP contribution in [0.15, 0.2) is 30.9 Å². The number of carbonyl (C=O) groups excluding carboxylic acids is 1. The summed E-state index contributed by atoms with van der Waals surface area (Å²) in [6.07, 6.45) is 3.50. The molecule has 0 aliphatic rings. The number of halogens is 2. The minimum absolute atomic E-state index is 0.0637. The predicted octanol–water partition coefficient (Wildman–Crippen LogP) is 2.31. The molecule has 0 saturated carbocycles. The number of aliphatic hydroxyl groups is 1. The van der Waals surface area contributed by atoms with Gasteiger partial charge in [-0.25, -0.2) is 9.67 Å². The zero-order valence-corrected chi connectivity index (χ0v) is 12.2. The third-order valence-electron chi connectivity index (χ3n) is 3.22. The number of hydrogen-bond acceptors (Lipinski definition) is 4. The van der Waals surface area contributed by atoms with E-state index < -0.39 is 11.5 Å². The van der Waals surface area contributed by atoms with Crippen LogP contribution in [0.2, 0.25) is 10.0 Å². The molecule has 1 aromatic heterocycles. The van der Waals surface area contributed by atoms with E-state index in [0.717, 1.165) is 0 Å². The van der Waals surface area contributed by atoms with E-state index in [2.05, 4.69) is 10.1 Å². The monoisotopic (exact) mass is 313 g/mol. The van der Waals surface area contributed by atoms with Crippen molar-refractivity contribution in [1.82, 2.24) is 14.8 Å². The van der Waals surface area contributed by atoms with Crippen molar-refractivity contribution >= 4 is 29.5 Å². The molecule has 0 unspecified atom stereocenters. The van der Waals surface area contributed by atoms with Gasteiger partial charge in [0.2, 0.25) is 0 Å². The molecule has 20 heavy (non-hydrogen) atoms. The van der Waals surface area contributed by atoms with Crippen LogP contribution in [0.3, 0.4) is 0 Å². The molecule has 1 aromatic carbocycles. The number of rotatable bonds is 5. The van der Waals surface area contributed by atoms with E-state index in [1.165, 1.54) is 23.4 Å². The van der Waals surface area contributed by atoms with Gasteiger partial charge in [0.25, 0.3) is 0 Å². The maximum absolute atomic E-state index is 11.2. The van der Waals surface area contributed by atoms with Gasteiger partial charge in [0, 0.05) is 21.5 Å². The summed E-state index contributed by atoms with van der Waals surface area (Å²) in [7, 11) is 0. The molecule has 0 amide bonds. The van der Waals surface area contributed by atoms with Gasteiger partial charge in [-0.05, 0) is 12.1 Å². The van der Waals surface area contributed by atoms with Crippen molar-refractivity contribution in [1.29, 1.82) is 0 Å². The number of benzene rings is 1. The lowest BCUT2D eigenvalue weighted by Gasteiger charge is -2.32. The largest absolute Gasteiger partial charge is 0.382 e. The average molecular weight is 314 g/mol. The van der Waals surface area contributed by atoms with Crippen molar-refractivity contribution in [3.8, 4) is 0 Å². The molecule has 1 heterocycles. The molecule has 1 N–H and O–H groups in total. The molecule has 0 radical (unpaired) electrons. The highest BCUT2D eigenvalue weighted by molar-refractivity contribution is 6.35. The van der Waals surface area contributed by atoms with Gasteiger partial charge in [0.05, 0.1) is 6.54 Å². The quantitative estimate of drug-likeness (QED) is 0.860. The van der Waals surface area contributed by atoms with Gasteiger partial charge in [-0.3, -0.25) is 0 Å². The van der Waals surface area contributed by atoms with Crippen LogP contribution in [0.5, 0.6) is 0 Å². The molecule has 0 bridgehead atoms. The van der Waals surface area contributed by atoms with Crippen LogP contribution in [-0.4, -0.2) is 26.2 Å². The molecule has 106 valence electrons. The van der Waals surface area contributed by atoms with E-state index in [1.807, 2.05) is 0 Å². The van der Waals surface area contributed by atoms with E-state index in [1.54, 1.807) is 19.1 Å². The van der Waals surface area contributed by atoms with Gasteiger partial charge in [-0.1, -0.05) is 36.2 Å². The fraction of sp³-hybridized carbons (Fsp3) is 0.308. The van der Waals surface area contributed by atoms with Crippen molar-refractivity contribution in [2.24, 2.45) is 5.92 Å². The highest BCUT2D eigenvalue weighted by Crippen LogP contribution is 2.36. The molecule has 7 heteroatoms. The summed E-state index contributed by atoms with van der Waals surface area (Å²) in [5.41, 5.74) is -1.06. The molecule has 0 aliphatic carbocycles. The van der Waals surface area contributed by atoms with Gasteiger partial charge in [0.1, 0.15) is 24.5 Å². The zero-order valence-electron chi connectivity index (χ0n) is 10.7. The predicted molar refractivity (Wildman–Crippen MR) is 75.6 cm³/mol. The van der Waals surface area contributed by atoms with Crippen LogP contribution in [0, 0.1) is 5.92 Å². The van der Waals surface area contributed by atoms with Crippen molar-refractivity contribution < 1.29 is 9.90 Å². The summed E-state index contributed by atoms with van der Waals surface area (Å²) in [5, 5.41) is 15.7. The third kappa shape index (κ3) is 2.85. The summed E-state index contributed by atoms with van der Waals surface area (Å²) in [5.74, 6) is -0.676. The number of nitrogens with zero attached hydrogens (tertiary/aromatic N) is 3. The van der Waals surface area contributed by atoms with Crippen molar-refractivity contribution in [2.45, 2.75) is 19.1 Å². The molecule has 5 nitrogen and oxygen atoms in total. The molecule has 0 spiro atoms. The lowest BCUT2D eigenvalue weighted by molar-refractivity contribution is -0.121. The Hall–Kier alpha value is -1.43. The fourth-order valence-electron chi connectivity index (χ4n) is 1.99. The summed E-state index contributed by atoms with van der Waals surface area (Å²) in [6, 6.07) is 4.76. The maximum atomic E-state index is 11.2. The molecular formula is C13H13Cl2N3O2. The molecular weight excluding hydrogens is 301 g/mol. The Kier molecular flexibility index (Phi) is 4.42. The van der Waals surface area contributed by atoms with Crippen molar-refractivity contribution in [2.75, 3.05) is 0 Å². The minimum Gasteiger partial charge on any atom is -0.382 e. The van der Waals surface area contributed by atoms with Gasteiger partial charge in [-0.2, -0.15) is 5.10 Å². The summed E-state index contributed by atoms with van der Waals surface area (Å²) in [4.78, 5) is 15.0. The first-order valence-electron chi connectivity index (χ1n) is 5.93. The third-order valence-corrected chi connectivity index (χ3v) is 3.77. The average Bonchev–Trinajstić information content (AvgIpc) is 2.90. The topological polar surface area (TPSA) is 68.0 Å². The van der Waals surface area contributed by atoms with E-state index in [0.29, 0.717) is 21.9 Å². The smallest absolute Gasteiger partial charge is 0.137 e. The molecule has 0 fully saturated rings. The second-order valence-corrected chi connectivity index (χ2v) is 5.41. The zero-order chi connectivity index (χ0) is 14.8. The first-order chi connectivity index (χ1) is 9.47. The Bertz CT molecular complexity index is 604. The number of aromatic nitrogens is 3. The number of aldehydes is 1. The van der Waals surface area contributed by atoms with Gasteiger partial charge in [0.15, 0.2) is 0 Å². The molecule has 2 atom stereocenters. The second kappa shape index (κ2) is 5.91. The highest BCUT2D eigenvalue weighted by atomic mass is 35.5. The first-order valence-corrected chi connectivity index (χ1v) is 6.68. The van der Waals surface area contributed by atoms with Gasteiger partial charge < -0.3 is 9.90 Å². The molecule has 2 aromatic rings. The molecule has 2 rings (SSSR count). The normalized spacial score (nSPS) is 15.6. The Morgan fingerprint density at radius 1 is 1.50 bits per heavy atom. The second-order valence-electron chi connectivity index (χ2n) is 4.57. The van der Waals surface area contributed by atoms with Crippen LogP contribution >= 0.6 is 23.2 Å². The van der Waals surface area contributed by atoms with E-state index in [9.17, 15) is 9.90 Å². The lowest BCUT2D eigenvalue weighted by atomic mass is 9.83. The van der Waals surface area contributed by atoms with E-state index in [-0.39, 0.29) is 6.54 Å². The van der Waals surface area contributed by atoms with Crippen LogP contribution in [-0.2, 0) is 16.9 Å². The number of hydrogen-bond donors (Lipinski definition) is 1. The van der Waals surface area contributed by atoms with E-state index >= 15 is 0 Å². The minimum atomic E-state index is -1.49. The van der Waals surface area contributed by atoms with Crippen LogP contribution < -0.4 is 0 Å². The lowest BCUT2D eigenvalue weighted by Crippen LogP contribution is -2.39. The van der Waals surface area contributed by atoms with Crippen LogP contribution in [0.1, 0.15) is 12.5 Å². The van der Waals surface area contributed by atoms with Crippen molar-refractivity contribution in [3.63, 3.8) is 0 Å². The van der Waals surface area contributed by atoms with Crippen molar-refractivity contribution in [3.05, 3.63) is 46.5 Å². The fourth-order valence-corrected chi connectivity index (χ4v) is 2.56. The van der Waals surface area contributed by atoms with Gasteiger partial charge >= 0.3 is 0 Å².